The second-order valence-corrected chi connectivity index (χ2v) is 10.6. The van der Waals surface area contributed by atoms with Crippen LogP contribution in [0.3, 0.4) is 0 Å². The van der Waals surface area contributed by atoms with E-state index in [0.717, 1.165) is 0 Å². The Kier molecular flexibility index (Phi) is 7.20. The summed E-state index contributed by atoms with van der Waals surface area (Å²) >= 11 is 0. The topological polar surface area (TPSA) is 139 Å². The number of hydrogen-bond donors (Lipinski definition) is 2. The van der Waals surface area contributed by atoms with Gasteiger partial charge in [-0.3, -0.25) is 9.52 Å². The minimum Gasteiger partial charge on any atom is -0.360 e. The van der Waals surface area contributed by atoms with E-state index in [1.165, 1.54) is 58.9 Å². The van der Waals surface area contributed by atoms with Gasteiger partial charge in [-0.2, -0.15) is 4.31 Å². The predicted octanol–water partition coefficient (Wildman–Crippen LogP) is 3.07. The average Bonchev–Trinajstić information content (AvgIpc) is 3.18. The molecule has 3 aromatic rings. The van der Waals surface area contributed by atoms with E-state index in [0.29, 0.717) is 24.5 Å². The smallest absolute Gasteiger partial charge is 0.263 e. The van der Waals surface area contributed by atoms with Crippen LogP contribution in [0.2, 0.25) is 0 Å². The highest BCUT2D eigenvalue weighted by Gasteiger charge is 2.22. The fraction of sp³-hybridized carbons (Fsp3) is 0.238. The first-order chi connectivity index (χ1) is 15.6. The number of rotatable bonds is 9. The Labute approximate surface area is 192 Å². The van der Waals surface area contributed by atoms with Gasteiger partial charge in [0, 0.05) is 30.4 Å². The summed E-state index contributed by atoms with van der Waals surface area (Å²) in [5, 5.41) is 6.25. The third-order valence-electron chi connectivity index (χ3n) is 4.75. The number of aromatic nitrogens is 1. The summed E-state index contributed by atoms with van der Waals surface area (Å²) in [5.41, 5.74) is 0.629. The van der Waals surface area contributed by atoms with E-state index < -0.39 is 26.0 Å². The number of anilines is 2. The molecule has 3 rings (SSSR count). The van der Waals surface area contributed by atoms with Gasteiger partial charge in [0.1, 0.15) is 5.76 Å². The maximum atomic E-state index is 12.6. The van der Waals surface area contributed by atoms with Crippen molar-refractivity contribution < 1.29 is 26.2 Å². The Morgan fingerprint density at radius 2 is 1.52 bits per heavy atom. The van der Waals surface area contributed by atoms with Crippen molar-refractivity contribution in [1.29, 1.82) is 0 Å². The summed E-state index contributed by atoms with van der Waals surface area (Å²) in [6.45, 7) is 5.84. The molecule has 176 valence electrons. The summed E-state index contributed by atoms with van der Waals surface area (Å²) in [6.07, 6.45) is 0. The fourth-order valence-electron chi connectivity index (χ4n) is 3.02. The summed E-state index contributed by atoms with van der Waals surface area (Å²) in [5.74, 6) is 0.0642. The van der Waals surface area contributed by atoms with Gasteiger partial charge in [-0.25, -0.2) is 16.8 Å². The molecule has 0 saturated heterocycles. The first-order valence-corrected chi connectivity index (χ1v) is 13.0. The average molecular weight is 493 g/mol. The number of hydrogen-bond acceptors (Lipinski definition) is 7. The van der Waals surface area contributed by atoms with Crippen LogP contribution in [-0.4, -0.2) is 45.3 Å². The van der Waals surface area contributed by atoms with Crippen molar-refractivity contribution in [2.24, 2.45) is 0 Å². The van der Waals surface area contributed by atoms with E-state index in [-0.39, 0.29) is 21.2 Å². The number of nitrogens with one attached hydrogen (secondary N) is 2. The number of amides is 1. The summed E-state index contributed by atoms with van der Waals surface area (Å²) in [7, 11) is -7.49. The lowest BCUT2D eigenvalue weighted by atomic mass is 10.2. The molecule has 10 nitrogen and oxygen atoms in total. The second kappa shape index (κ2) is 9.73. The zero-order valence-electron chi connectivity index (χ0n) is 18.3. The van der Waals surface area contributed by atoms with E-state index in [4.69, 9.17) is 4.52 Å². The lowest BCUT2D eigenvalue weighted by Gasteiger charge is -2.18. The van der Waals surface area contributed by atoms with Crippen molar-refractivity contribution in [3.63, 3.8) is 0 Å². The Morgan fingerprint density at radius 1 is 0.939 bits per heavy atom. The molecule has 0 aliphatic heterocycles. The molecule has 0 atom stereocenters. The zero-order chi connectivity index (χ0) is 24.2. The third-order valence-corrected chi connectivity index (χ3v) is 8.18. The molecule has 33 heavy (non-hydrogen) atoms. The lowest BCUT2D eigenvalue weighted by molar-refractivity contribution is 0.102. The second-order valence-electron chi connectivity index (χ2n) is 7.02. The maximum absolute atomic E-state index is 12.6. The molecule has 0 spiro atoms. The Morgan fingerprint density at radius 3 is 2.03 bits per heavy atom. The highest BCUT2D eigenvalue weighted by Crippen LogP contribution is 2.20. The molecule has 0 fully saturated rings. The van der Waals surface area contributed by atoms with Gasteiger partial charge < -0.3 is 9.84 Å². The minimum atomic E-state index is -3.87. The third kappa shape index (κ3) is 5.59. The normalized spacial score (nSPS) is 12.0. The number of carbonyl (C=O) groups is 1. The molecule has 1 heterocycles. The largest absolute Gasteiger partial charge is 0.360 e. The summed E-state index contributed by atoms with van der Waals surface area (Å²) in [4.78, 5) is 12.6. The first kappa shape index (κ1) is 24.4. The van der Waals surface area contributed by atoms with E-state index in [1.54, 1.807) is 20.8 Å². The van der Waals surface area contributed by atoms with Crippen LogP contribution < -0.4 is 10.0 Å². The quantitative estimate of drug-likeness (QED) is 0.468. The van der Waals surface area contributed by atoms with Crippen molar-refractivity contribution in [3.8, 4) is 0 Å². The minimum absolute atomic E-state index is 0.0212. The molecule has 0 aliphatic rings. The molecule has 12 heteroatoms. The van der Waals surface area contributed by atoms with E-state index in [9.17, 15) is 21.6 Å². The van der Waals surface area contributed by atoms with Crippen LogP contribution >= 0.6 is 0 Å². The van der Waals surface area contributed by atoms with Crippen LogP contribution in [0.25, 0.3) is 0 Å². The van der Waals surface area contributed by atoms with Crippen LogP contribution in [0.1, 0.15) is 30.0 Å². The Balaban J connectivity index is 1.69. The van der Waals surface area contributed by atoms with E-state index >= 15 is 0 Å². The summed E-state index contributed by atoms with van der Waals surface area (Å²) < 4.78 is 58.5. The zero-order valence-corrected chi connectivity index (χ0v) is 19.9. The SMILES string of the molecule is CCN(CC)S(=O)(=O)c1ccc(C(=O)Nc2ccc(S(=O)(=O)Nc3cc(C)on3)cc2)cc1. The standard InChI is InChI=1S/C21H24N4O6S2/c1-4-25(5-2)33(29,30)19-10-6-16(7-11-19)21(26)22-17-8-12-18(13-9-17)32(27,28)24-20-14-15(3)31-23-20/h6-14H,4-5H2,1-3H3,(H,22,26)(H,23,24). The van der Waals surface area contributed by atoms with Crippen LogP contribution in [0.5, 0.6) is 0 Å². The number of nitrogens with zero attached hydrogens (tertiary/aromatic N) is 2. The van der Waals surface area contributed by atoms with Crippen LogP contribution in [0.4, 0.5) is 11.5 Å². The van der Waals surface area contributed by atoms with Crippen molar-refractivity contribution in [2.75, 3.05) is 23.1 Å². The van der Waals surface area contributed by atoms with Crippen LogP contribution in [-0.2, 0) is 20.0 Å². The molecule has 1 amide bonds. The number of benzene rings is 2. The van der Waals surface area contributed by atoms with Gasteiger partial charge in [0.25, 0.3) is 15.9 Å². The molecule has 0 unspecified atom stereocenters. The molecule has 0 bridgehead atoms. The Hall–Kier alpha value is -3.22. The van der Waals surface area contributed by atoms with Crippen molar-refractivity contribution >= 4 is 37.5 Å². The Bertz CT molecular complexity index is 1330. The van der Waals surface area contributed by atoms with Crippen LogP contribution in [0, 0.1) is 6.92 Å². The van der Waals surface area contributed by atoms with Gasteiger partial charge in [0.05, 0.1) is 9.79 Å². The molecule has 2 N–H and O–H groups in total. The molecule has 0 aliphatic carbocycles. The van der Waals surface area contributed by atoms with Gasteiger partial charge in [0.2, 0.25) is 10.0 Å². The summed E-state index contributed by atoms with van der Waals surface area (Å²) in [6, 6.07) is 12.6. The van der Waals surface area contributed by atoms with Crippen LogP contribution in [0.15, 0.2) is 68.9 Å². The molecule has 1 aromatic heterocycles. The monoisotopic (exact) mass is 492 g/mol. The lowest BCUT2D eigenvalue weighted by Crippen LogP contribution is -2.30. The van der Waals surface area contributed by atoms with E-state index in [1.807, 2.05) is 0 Å². The van der Waals surface area contributed by atoms with Gasteiger partial charge >= 0.3 is 0 Å². The predicted molar refractivity (Wildman–Crippen MR) is 123 cm³/mol. The number of aryl methyl sites for hydroxylation is 1. The van der Waals surface area contributed by atoms with Crippen molar-refractivity contribution in [3.05, 3.63) is 65.9 Å². The molecule has 0 saturated carbocycles. The number of carbonyl (C=O) groups excluding carboxylic acids is 1. The van der Waals surface area contributed by atoms with Gasteiger partial charge in [-0.05, 0) is 55.5 Å². The van der Waals surface area contributed by atoms with Gasteiger partial charge in [-0.1, -0.05) is 19.0 Å². The molecular weight excluding hydrogens is 468 g/mol. The highest BCUT2D eigenvalue weighted by molar-refractivity contribution is 7.92. The van der Waals surface area contributed by atoms with Gasteiger partial charge in [-0.15, -0.1) is 0 Å². The van der Waals surface area contributed by atoms with E-state index in [2.05, 4.69) is 15.2 Å². The molecule has 2 aromatic carbocycles. The maximum Gasteiger partial charge on any atom is 0.263 e. The number of sulfonamides is 2. The molecular formula is C21H24N4O6S2. The fourth-order valence-corrected chi connectivity index (χ4v) is 5.46. The van der Waals surface area contributed by atoms with Crippen molar-refractivity contribution in [1.82, 2.24) is 9.46 Å². The first-order valence-electron chi connectivity index (χ1n) is 10.0. The van der Waals surface area contributed by atoms with Gasteiger partial charge in [0.15, 0.2) is 5.82 Å². The molecule has 0 radical (unpaired) electrons. The highest BCUT2D eigenvalue weighted by atomic mass is 32.2. The van der Waals surface area contributed by atoms with Crippen molar-refractivity contribution in [2.45, 2.75) is 30.6 Å².